The fraction of sp³-hybridized carbons (Fsp3) is 0.133. The zero-order chi connectivity index (χ0) is 14.5. The Balaban J connectivity index is 2.22. The number of hydrogen-bond donors (Lipinski definition) is 1. The summed E-state index contributed by atoms with van der Waals surface area (Å²) in [5.41, 5.74) is 1.18. The van der Waals surface area contributed by atoms with Crippen LogP contribution >= 0.6 is 11.6 Å². The average Bonchev–Trinajstić information content (AvgIpc) is 2.43. The smallest absolute Gasteiger partial charge is 0.220 e. The van der Waals surface area contributed by atoms with Gasteiger partial charge in [0, 0.05) is 11.2 Å². The van der Waals surface area contributed by atoms with E-state index in [1.54, 1.807) is 43.3 Å². The summed E-state index contributed by atoms with van der Waals surface area (Å²) in [5, 5.41) is 11.5. The molecule has 0 heterocycles. The van der Waals surface area contributed by atoms with Crippen molar-refractivity contribution in [2.24, 2.45) is 0 Å². The molecule has 1 aromatic rings. The predicted octanol–water partition coefficient (Wildman–Crippen LogP) is 3.48. The summed E-state index contributed by atoms with van der Waals surface area (Å²) in [5.74, 6) is 0.0805. The van der Waals surface area contributed by atoms with Gasteiger partial charge in [-0.25, -0.2) is 5.06 Å². The molecule has 1 aliphatic rings. The van der Waals surface area contributed by atoms with Gasteiger partial charge in [-0.1, -0.05) is 17.7 Å². The van der Waals surface area contributed by atoms with Crippen LogP contribution in [0, 0.1) is 0 Å². The molecule has 1 N–H and O–H groups in total. The SMILES string of the molecule is CCOC1=C/C(=C/N(O)c2cccc(Cl)c2)C=CC1=O. The Bertz CT molecular complexity index is 605. The normalized spacial score (nSPS) is 16.2. The highest BCUT2D eigenvalue weighted by molar-refractivity contribution is 6.30. The molecule has 0 saturated heterocycles. The van der Waals surface area contributed by atoms with Crippen molar-refractivity contribution in [2.45, 2.75) is 6.92 Å². The van der Waals surface area contributed by atoms with Crippen molar-refractivity contribution < 1.29 is 14.7 Å². The second-order valence-corrected chi connectivity index (χ2v) is 4.53. The number of ether oxygens (including phenoxy) is 1. The van der Waals surface area contributed by atoms with E-state index in [9.17, 15) is 10.0 Å². The molecule has 0 saturated carbocycles. The molecule has 0 radical (unpaired) electrons. The number of hydrogen-bond acceptors (Lipinski definition) is 4. The quantitative estimate of drug-likeness (QED) is 0.863. The third kappa shape index (κ3) is 3.50. The minimum Gasteiger partial charge on any atom is -0.490 e. The van der Waals surface area contributed by atoms with Crippen LogP contribution in [0.15, 0.2) is 60.0 Å². The lowest BCUT2D eigenvalue weighted by Crippen LogP contribution is -2.12. The highest BCUT2D eigenvalue weighted by Gasteiger charge is 2.13. The zero-order valence-electron chi connectivity index (χ0n) is 10.9. The Labute approximate surface area is 122 Å². The fourth-order valence-electron chi connectivity index (χ4n) is 1.71. The molecule has 1 aliphatic carbocycles. The van der Waals surface area contributed by atoms with Crippen LogP contribution in [0.4, 0.5) is 5.69 Å². The van der Waals surface area contributed by atoms with Crippen LogP contribution in [-0.2, 0) is 9.53 Å². The van der Waals surface area contributed by atoms with Crippen LogP contribution in [-0.4, -0.2) is 17.6 Å². The van der Waals surface area contributed by atoms with Gasteiger partial charge in [-0.15, -0.1) is 0 Å². The van der Waals surface area contributed by atoms with E-state index < -0.39 is 0 Å². The average molecular weight is 292 g/mol. The van der Waals surface area contributed by atoms with Crippen molar-refractivity contribution >= 4 is 23.1 Å². The number of benzene rings is 1. The van der Waals surface area contributed by atoms with Crippen molar-refractivity contribution in [2.75, 3.05) is 11.7 Å². The summed E-state index contributed by atoms with van der Waals surface area (Å²) in [6.45, 7) is 2.22. The van der Waals surface area contributed by atoms with E-state index in [0.717, 1.165) is 5.06 Å². The third-order valence-electron chi connectivity index (χ3n) is 2.61. The maximum Gasteiger partial charge on any atom is 0.220 e. The zero-order valence-corrected chi connectivity index (χ0v) is 11.7. The van der Waals surface area contributed by atoms with Crippen molar-refractivity contribution in [3.63, 3.8) is 0 Å². The summed E-state index contributed by atoms with van der Waals surface area (Å²) in [6.07, 6.45) is 6.08. The molecular formula is C15H14ClNO3. The van der Waals surface area contributed by atoms with Crippen molar-refractivity contribution in [1.82, 2.24) is 0 Å². The van der Waals surface area contributed by atoms with Gasteiger partial charge in [-0.2, -0.15) is 0 Å². The minimum atomic E-state index is -0.184. The van der Waals surface area contributed by atoms with Gasteiger partial charge >= 0.3 is 0 Å². The molecule has 0 unspecified atom stereocenters. The van der Waals surface area contributed by atoms with Crippen molar-refractivity contribution in [3.05, 3.63) is 65.0 Å². The van der Waals surface area contributed by atoms with E-state index in [1.807, 2.05) is 0 Å². The molecule has 0 fully saturated rings. The van der Waals surface area contributed by atoms with Gasteiger partial charge in [-0.05, 0) is 48.9 Å². The molecule has 20 heavy (non-hydrogen) atoms. The molecule has 0 amide bonds. The van der Waals surface area contributed by atoms with Gasteiger partial charge in [0.05, 0.1) is 12.3 Å². The summed E-state index contributed by atoms with van der Waals surface area (Å²) < 4.78 is 5.23. The number of allylic oxidation sites excluding steroid dienone is 4. The molecule has 5 heteroatoms. The van der Waals surface area contributed by atoms with Gasteiger partial charge in [0.1, 0.15) is 0 Å². The first-order valence-electron chi connectivity index (χ1n) is 6.12. The van der Waals surface area contributed by atoms with E-state index in [4.69, 9.17) is 16.3 Å². The molecule has 0 spiro atoms. The minimum absolute atomic E-state index is 0.184. The van der Waals surface area contributed by atoms with Crippen LogP contribution < -0.4 is 5.06 Å². The second kappa shape index (κ2) is 6.41. The number of carbonyl (C=O) groups is 1. The first-order chi connectivity index (χ1) is 9.60. The van der Waals surface area contributed by atoms with Crippen LogP contribution in [0.25, 0.3) is 0 Å². The lowest BCUT2D eigenvalue weighted by molar-refractivity contribution is -0.114. The number of carbonyl (C=O) groups excluding carboxylic acids is 1. The van der Waals surface area contributed by atoms with E-state index in [-0.39, 0.29) is 11.5 Å². The van der Waals surface area contributed by atoms with Crippen LogP contribution in [0.1, 0.15) is 6.92 Å². The highest BCUT2D eigenvalue weighted by Crippen LogP contribution is 2.21. The number of nitrogens with zero attached hydrogens (tertiary/aromatic N) is 1. The summed E-state index contributed by atoms with van der Waals surface area (Å²) >= 11 is 5.87. The Hall–Kier alpha value is -2.04. The Morgan fingerprint density at radius 2 is 2.20 bits per heavy atom. The predicted molar refractivity (Wildman–Crippen MR) is 77.7 cm³/mol. The molecule has 4 nitrogen and oxygen atoms in total. The molecule has 0 bridgehead atoms. The van der Waals surface area contributed by atoms with Gasteiger partial charge in [-0.3, -0.25) is 10.0 Å². The lowest BCUT2D eigenvalue weighted by atomic mass is 10.1. The first kappa shape index (κ1) is 14.4. The molecule has 104 valence electrons. The molecule has 0 aromatic heterocycles. The Kier molecular flexibility index (Phi) is 4.61. The summed E-state index contributed by atoms with van der Waals surface area (Å²) in [4.78, 5) is 11.5. The van der Waals surface area contributed by atoms with Crippen LogP contribution in [0.2, 0.25) is 5.02 Å². The molecular weight excluding hydrogens is 278 g/mol. The van der Waals surface area contributed by atoms with Crippen molar-refractivity contribution in [1.29, 1.82) is 0 Å². The fourth-order valence-corrected chi connectivity index (χ4v) is 1.89. The Morgan fingerprint density at radius 1 is 1.40 bits per heavy atom. The number of rotatable bonds is 4. The van der Waals surface area contributed by atoms with Crippen LogP contribution in [0.3, 0.4) is 0 Å². The van der Waals surface area contributed by atoms with Gasteiger partial charge in [0.25, 0.3) is 0 Å². The Morgan fingerprint density at radius 3 is 2.90 bits per heavy atom. The molecule has 0 aliphatic heterocycles. The highest BCUT2D eigenvalue weighted by atomic mass is 35.5. The lowest BCUT2D eigenvalue weighted by Gasteiger charge is -2.15. The summed E-state index contributed by atoms with van der Waals surface area (Å²) in [6, 6.07) is 6.80. The monoisotopic (exact) mass is 291 g/mol. The number of ketones is 1. The number of anilines is 1. The van der Waals surface area contributed by atoms with E-state index >= 15 is 0 Å². The van der Waals surface area contributed by atoms with E-state index in [2.05, 4.69) is 0 Å². The molecule has 2 rings (SSSR count). The standard InChI is InChI=1S/C15H14ClNO3/c1-2-20-15-8-11(6-7-14(15)18)10-17(19)13-5-3-4-12(16)9-13/h3-10,19H,2H2,1H3/b11-10+. The van der Waals surface area contributed by atoms with Crippen molar-refractivity contribution in [3.8, 4) is 0 Å². The third-order valence-corrected chi connectivity index (χ3v) is 2.85. The van der Waals surface area contributed by atoms with Gasteiger partial charge < -0.3 is 4.74 Å². The van der Waals surface area contributed by atoms with Crippen LogP contribution in [0.5, 0.6) is 0 Å². The number of hydroxylamine groups is 1. The number of halogens is 1. The maximum absolute atomic E-state index is 11.5. The van der Waals surface area contributed by atoms with Gasteiger partial charge in [0.2, 0.25) is 5.78 Å². The maximum atomic E-state index is 11.5. The second-order valence-electron chi connectivity index (χ2n) is 4.09. The topological polar surface area (TPSA) is 49.8 Å². The largest absolute Gasteiger partial charge is 0.490 e. The van der Waals surface area contributed by atoms with E-state index in [1.165, 1.54) is 12.3 Å². The summed E-state index contributed by atoms with van der Waals surface area (Å²) in [7, 11) is 0. The molecule has 0 atom stereocenters. The van der Waals surface area contributed by atoms with E-state index in [0.29, 0.717) is 22.9 Å². The molecule has 1 aromatic carbocycles. The first-order valence-corrected chi connectivity index (χ1v) is 6.50. The van der Waals surface area contributed by atoms with Gasteiger partial charge in [0.15, 0.2) is 5.76 Å².